The van der Waals surface area contributed by atoms with Crippen molar-refractivity contribution in [3.05, 3.63) is 90.0 Å². The first-order chi connectivity index (χ1) is 20.2. The van der Waals surface area contributed by atoms with Crippen molar-refractivity contribution in [2.45, 2.75) is 76.4 Å². The number of carbonyl (C=O) groups is 2. The van der Waals surface area contributed by atoms with Crippen LogP contribution >= 0.6 is 0 Å². The molecule has 2 amide bonds. The van der Waals surface area contributed by atoms with Crippen molar-refractivity contribution in [2.24, 2.45) is 0 Å². The molecule has 0 heterocycles. The van der Waals surface area contributed by atoms with Gasteiger partial charge in [-0.25, -0.2) is 8.42 Å². The van der Waals surface area contributed by atoms with Crippen molar-refractivity contribution >= 4 is 27.5 Å². The molecule has 0 unspecified atom stereocenters. The standard InChI is InChI=1S/C33H41N3O5S/c1-4-29(33(38)34-27-16-9-10-17-27)35(23-26-15-13-14-25(3)22-26)32(37)24-36(30-20-11-12-21-31(30)41-5-2)42(39,40)28-18-7-6-8-19-28/h6-8,11-15,18-22,27,29H,4-5,9-10,16-17,23-24H2,1-3H3,(H,34,38)/t29-/m0/s1. The van der Waals surface area contributed by atoms with Crippen LogP contribution in [-0.2, 0) is 26.2 Å². The number of carbonyl (C=O) groups excluding carboxylic acids is 2. The van der Waals surface area contributed by atoms with Gasteiger partial charge in [0, 0.05) is 12.6 Å². The molecule has 3 aromatic rings. The Morgan fingerprint density at radius 3 is 2.31 bits per heavy atom. The Hall–Kier alpha value is -3.85. The van der Waals surface area contributed by atoms with E-state index in [1.165, 1.54) is 17.0 Å². The topological polar surface area (TPSA) is 96.0 Å². The van der Waals surface area contributed by atoms with Gasteiger partial charge in [0.05, 0.1) is 17.2 Å². The van der Waals surface area contributed by atoms with Crippen LogP contribution in [0.4, 0.5) is 5.69 Å². The minimum Gasteiger partial charge on any atom is -0.492 e. The molecule has 1 saturated carbocycles. The number of nitrogens with zero attached hydrogens (tertiary/aromatic N) is 2. The van der Waals surface area contributed by atoms with Gasteiger partial charge in [-0.3, -0.25) is 13.9 Å². The zero-order valence-electron chi connectivity index (χ0n) is 24.7. The molecule has 8 nitrogen and oxygen atoms in total. The molecule has 0 aromatic heterocycles. The number of hydrogen-bond acceptors (Lipinski definition) is 5. The van der Waals surface area contributed by atoms with Crippen molar-refractivity contribution in [1.82, 2.24) is 10.2 Å². The number of para-hydroxylation sites is 2. The highest BCUT2D eigenvalue weighted by Crippen LogP contribution is 2.33. The van der Waals surface area contributed by atoms with Crippen molar-refractivity contribution in [3.63, 3.8) is 0 Å². The maximum Gasteiger partial charge on any atom is 0.264 e. The van der Waals surface area contributed by atoms with Gasteiger partial charge in [-0.2, -0.15) is 0 Å². The average molecular weight is 592 g/mol. The molecule has 1 N–H and O–H groups in total. The van der Waals surface area contributed by atoms with Crippen LogP contribution in [0.15, 0.2) is 83.8 Å². The van der Waals surface area contributed by atoms with Crippen molar-refractivity contribution in [3.8, 4) is 5.75 Å². The lowest BCUT2D eigenvalue weighted by Crippen LogP contribution is -2.53. The smallest absolute Gasteiger partial charge is 0.264 e. The summed E-state index contributed by atoms with van der Waals surface area (Å²) in [5.74, 6) is -0.336. The Morgan fingerprint density at radius 1 is 0.952 bits per heavy atom. The molecule has 4 rings (SSSR count). The van der Waals surface area contributed by atoms with Gasteiger partial charge in [-0.1, -0.05) is 79.9 Å². The van der Waals surface area contributed by atoms with Crippen LogP contribution in [0.2, 0.25) is 0 Å². The van der Waals surface area contributed by atoms with Crippen LogP contribution in [0.25, 0.3) is 0 Å². The Morgan fingerprint density at radius 2 is 1.64 bits per heavy atom. The lowest BCUT2D eigenvalue weighted by molar-refractivity contribution is -0.140. The van der Waals surface area contributed by atoms with Crippen molar-refractivity contribution in [2.75, 3.05) is 17.5 Å². The molecule has 0 spiro atoms. The van der Waals surface area contributed by atoms with E-state index in [2.05, 4.69) is 5.32 Å². The highest BCUT2D eigenvalue weighted by atomic mass is 32.2. The van der Waals surface area contributed by atoms with Crippen LogP contribution in [0.1, 0.15) is 57.1 Å². The predicted molar refractivity (Wildman–Crippen MR) is 165 cm³/mol. The SMILES string of the molecule is CCOc1ccccc1N(CC(=O)N(Cc1cccc(C)c1)[C@@H](CC)C(=O)NC1CCCC1)S(=O)(=O)c1ccccc1. The highest BCUT2D eigenvalue weighted by molar-refractivity contribution is 7.92. The van der Waals surface area contributed by atoms with Crippen LogP contribution in [0, 0.1) is 6.92 Å². The lowest BCUT2D eigenvalue weighted by atomic mass is 10.1. The molecule has 224 valence electrons. The maximum atomic E-state index is 14.3. The molecule has 42 heavy (non-hydrogen) atoms. The summed E-state index contributed by atoms with van der Waals surface area (Å²) in [6.45, 7) is 5.65. The Kier molecular flexibility index (Phi) is 10.6. The molecule has 0 aliphatic heterocycles. The van der Waals surface area contributed by atoms with E-state index < -0.39 is 28.5 Å². The van der Waals surface area contributed by atoms with Crippen LogP contribution in [-0.4, -0.2) is 50.4 Å². The molecular weight excluding hydrogens is 550 g/mol. The minimum absolute atomic E-state index is 0.0559. The summed E-state index contributed by atoms with van der Waals surface area (Å²) in [4.78, 5) is 29.5. The number of rotatable bonds is 13. The summed E-state index contributed by atoms with van der Waals surface area (Å²) in [6, 6.07) is 21.9. The van der Waals surface area contributed by atoms with Gasteiger partial charge >= 0.3 is 0 Å². The van der Waals surface area contributed by atoms with Crippen LogP contribution in [0.3, 0.4) is 0 Å². The fraction of sp³-hybridized carbons (Fsp3) is 0.394. The minimum atomic E-state index is -4.17. The summed E-state index contributed by atoms with van der Waals surface area (Å²) < 4.78 is 35.0. The second-order valence-corrected chi connectivity index (χ2v) is 12.5. The molecule has 1 fully saturated rings. The van der Waals surface area contributed by atoms with Gasteiger partial charge < -0.3 is 15.0 Å². The number of benzene rings is 3. The highest BCUT2D eigenvalue weighted by Gasteiger charge is 2.35. The Labute approximate surface area is 249 Å². The molecule has 1 aliphatic rings. The van der Waals surface area contributed by atoms with E-state index in [0.29, 0.717) is 18.8 Å². The van der Waals surface area contributed by atoms with E-state index >= 15 is 0 Å². The number of amides is 2. The van der Waals surface area contributed by atoms with E-state index in [9.17, 15) is 18.0 Å². The number of hydrogen-bond donors (Lipinski definition) is 1. The quantitative estimate of drug-likeness (QED) is 0.285. The van der Waals surface area contributed by atoms with E-state index in [-0.39, 0.29) is 29.1 Å². The maximum absolute atomic E-state index is 14.3. The van der Waals surface area contributed by atoms with E-state index in [4.69, 9.17) is 4.74 Å². The monoisotopic (exact) mass is 591 g/mol. The Bertz CT molecular complexity index is 1460. The first-order valence-electron chi connectivity index (χ1n) is 14.7. The molecular formula is C33H41N3O5S. The molecule has 9 heteroatoms. The lowest BCUT2D eigenvalue weighted by Gasteiger charge is -2.34. The third-order valence-corrected chi connectivity index (χ3v) is 9.34. The fourth-order valence-electron chi connectivity index (χ4n) is 5.47. The van der Waals surface area contributed by atoms with Gasteiger partial charge in [0.25, 0.3) is 10.0 Å². The normalized spacial score (nSPS) is 14.3. The molecule has 1 aliphatic carbocycles. The second kappa shape index (κ2) is 14.4. The van der Waals surface area contributed by atoms with Gasteiger partial charge in [-0.05, 0) is 62.9 Å². The average Bonchev–Trinajstić information content (AvgIpc) is 3.50. The second-order valence-electron chi connectivity index (χ2n) is 10.7. The molecule has 3 aromatic carbocycles. The third-order valence-electron chi connectivity index (χ3n) is 7.57. The fourth-order valence-corrected chi connectivity index (χ4v) is 6.91. The first-order valence-corrected chi connectivity index (χ1v) is 16.1. The molecule has 0 bridgehead atoms. The summed E-state index contributed by atoms with van der Waals surface area (Å²) in [5, 5.41) is 3.14. The number of anilines is 1. The predicted octanol–water partition coefficient (Wildman–Crippen LogP) is 5.46. The molecule has 0 radical (unpaired) electrons. The van der Waals surface area contributed by atoms with Crippen LogP contribution < -0.4 is 14.4 Å². The van der Waals surface area contributed by atoms with Gasteiger partial charge in [0.1, 0.15) is 18.3 Å². The van der Waals surface area contributed by atoms with Gasteiger partial charge in [0.15, 0.2) is 0 Å². The largest absolute Gasteiger partial charge is 0.492 e. The van der Waals surface area contributed by atoms with E-state index in [0.717, 1.165) is 41.1 Å². The Balaban J connectivity index is 1.74. The molecule has 0 saturated heterocycles. The zero-order chi connectivity index (χ0) is 30.1. The van der Waals surface area contributed by atoms with Crippen molar-refractivity contribution < 1.29 is 22.7 Å². The zero-order valence-corrected chi connectivity index (χ0v) is 25.5. The van der Waals surface area contributed by atoms with Crippen LogP contribution in [0.5, 0.6) is 5.75 Å². The number of ether oxygens (including phenoxy) is 1. The summed E-state index contributed by atoms with van der Waals surface area (Å²) >= 11 is 0. The van der Waals surface area contributed by atoms with Crippen molar-refractivity contribution in [1.29, 1.82) is 0 Å². The van der Waals surface area contributed by atoms with Gasteiger partial charge in [-0.15, -0.1) is 0 Å². The summed E-state index contributed by atoms with van der Waals surface area (Å²) in [5.41, 5.74) is 2.15. The molecule has 1 atom stereocenters. The summed E-state index contributed by atoms with van der Waals surface area (Å²) in [6.07, 6.45) is 4.37. The third kappa shape index (κ3) is 7.50. The van der Waals surface area contributed by atoms with E-state index in [1.54, 1.807) is 42.5 Å². The number of aryl methyl sites for hydroxylation is 1. The number of sulfonamides is 1. The summed E-state index contributed by atoms with van der Waals surface area (Å²) in [7, 11) is -4.17. The van der Waals surface area contributed by atoms with Gasteiger partial charge in [0.2, 0.25) is 11.8 Å². The first kappa shape index (κ1) is 31.1. The number of nitrogens with one attached hydrogen (secondary N) is 1. The van der Waals surface area contributed by atoms with E-state index in [1.807, 2.05) is 45.0 Å².